The van der Waals surface area contributed by atoms with Crippen LogP contribution in [0.5, 0.6) is 0 Å². The third kappa shape index (κ3) is 19.7. The number of anilines is 1. The van der Waals surface area contributed by atoms with Gasteiger partial charge < -0.3 is 55.4 Å². The van der Waals surface area contributed by atoms with E-state index in [1.165, 1.54) is 13.8 Å². The molecule has 0 radical (unpaired) electrons. The van der Waals surface area contributed by atoms with Crippen molar-refractivity contribution in [2.75, 3.05) is 85.1 Å². The number of primary amides is 1. The number of aryl methyl sites for hydroxylation is 1. The molecule has 0 aliphatic rings. The summed E-state index contributed by atoms with van der Waals surface area (Å²) < 4.78 is 31.5. The summed E-state index contributed by atoms with van der Waals surface area (Å²) in [6.45, 7) is 8.46. The van der Waals surface area contributed by atoms with Crippen LogP contribution in [-0.4, -0.2) is 127 Å². The van der Waals surface area contributed by atoms with Crippen molar-refractivity contribution in [1.82, 2.24) is 16.0 Å². The summed E-state index contributed by atoms with van der Waals surface area (Å²) in [5, 5.41) is 9.98. The molecule has 0 fully saturated rings. The van der Waals surface area contributed by atoms with Gasteiger partial charge in [-0.1, -0.05) is 17.7 Å². The van der Waals surface area contributed by atoms with Crippen molar-refractivity contribution >= 4 is 35.2 Å². The van der Waals surface area contributed by atoms with Crippen LogP contribution in [0.25, 0.3) is 0 Å². The van der Waals surface area contributed by atoms with Gasteiger partial charge in [-0.05, 0) is 32.9 Å². The third-order valence-electron chi connectivity index (χ3n) is 6.03. The fraction of sp³-hybridized carbons (Fsp3) is 0.633. The fourth-order valence-electron chi connectivity index (χ4n) is 3.51. The standard InChI is InChI=1S/C30H49N5O11/c1-21-5-7-24(8-6-21)34-30(40)25(19-26(31)36)35-29(39)23(3)33-28(38)22(2)32-27(37)20-46-18-17-45-16-15-44-14-13-43-12-11-42-10-9-41-4/h5-8,22-23,25H,9-20H2,1-4H3,(H2,31,36)(H,32,37)(H,33,38)(H,34,40)(H,35,39)/t22-,23-,25-/m1/s1. The molecule has 0 aliphatic carbocycles. The van der Waals surface area contributed by atoms with Crippen molar-refractivity contribution in [3.8, 4) is 0 Å². The average molecular weight is 656 g/mol. The van der Waals surface area contributed by atoms with Crippen molar-refractivity contribution in [3.63, 3.8) is 0 Å². The molecule has 0 saturated heterocycles. The zero-order valence-electron chi connectivity index (χ0n) is 27.1. The molecule has 1 rings (SSSR count). The number of rotatable bonds is 26. The zero-order valence-corrected chi connectivity index (χ0v) is 27.1. The first-order valence-electron chi connectivity index (χ1n) is 15.0. The molecule has 0 unspecified atom stereocenters. The van der Waals surface area contributed by atoms with Crippen molar-refractivity contribution in [3.05, 3.63) is 29.8 Å². The highest BCUT2D eigenvalue weighted by Crippen LogP contribution is 2.10. The highest BCUT2D eigenvalue weighted by Gasteiger charge is 2.27. The molecule has 260 valence electrons. The number of methoxy groups -OCH3 is 1. The number of carbonyl (C=O) groups is 5. The van der Waals surface area contributed by atoms with E-state index in [9.17, 15) is 24.0 Å². The monoisotopic (exact) mass is 655 g/mol. The van der Waals surface area contributed by atoms with E-state index < -0.39 is 54.1 Å². The second kappa shape index (κ2) is 24.5. The Morgan fingerprint density at radius 1 is 0.652 bits per heavy atom. The Kier molecular flexibility index (Phi) is 21.5. The Hall–Kier alpha value is -3.67. The molecular weight excluding hydrogens is 606 g/mol. The third-order valence-corrected chi connectivity index (χ3v) is 6.03. The molecule has 46 heavy (non-hydrogen) atoms. The molecule has 0 aliphatic heterocycles. The molecular formula is C30H49N5O11. The van der Waals surface area contributed by atoms with Crippen molar-refractivity contribution in [1.29, 1.82) is 0 Å². The minimum atomic E-state index is -1.27. The lowest BCUT2D eigenvalue weighted by Crippen LogP contribution is -2.55. The summed E-state index contributed by atoms with van der Waals surface area (Å²) in [7, 11) is 1.61. The number of benzene rings is 1. The minimum Gasteiger partial charge on any atom is -0.382 e. The van der Waals surface area contributed by atoms with Gasteiger partial charge in [0.05, 0.1) is 72.5 Å². The molecule has 0 aromatic heterocycles. The van der Waals surface area contributed by atoms with Crippen molar-refractivity contribution in [2.24, 2.45) is 5.73 Å². The number of hydrogen-bond acceptors (Lipinski definition) is 11. The van der Waals surface area contributed by atoms with Gasteiger partial charge in [0, 0.05) is 12.8 Å². The summed E-state index contributed by atoms with van der Waals surface area (Å²) in [4.78, 5) is 61.6. The highest BCUT2D eigenvalue weighted by atomic mass is 16.6. The molecule has 0 bridgehead atoms. The van der Waals surface area contributed by atoms with E-state index in [0.29, 0.717) is 58.5 Å². The van der Waals surface area contributed by atoms with Gasteiger partial charge in [0.25, 0.3) is 0 Å². The molecule has 16 nitrogen and oxygen atoms in total. The molecule has 16 heteroatoms. The number of carbonyl (C=O) groups excluding carboxylic acids is 5. The number of nitrogens with one attached hydrogen (secondary N) is 4. The minimum absolute atomic E-state index is 0.154. The summed E-state index contributed by atoms with van der Waals surface area (Å²) in [5.74, 6) is -3.35. The van der Waals surface area contributed by atoms with Gasteiger partial charge in [-0.3, -0.25) is 24.0 Å². The predicted octanol–water partition coefficient (Wildman–Crippen LogP) is -0.967. The van der Waals surface area contributed by atoms with Crippen LogP contribution in [0.1, 0.15) is 25.8 Å². The first-order chi connectivity index (χ1) is 22.0. The van der Waals surface area contributed by atoms with Crippen LogP contribution < -0.4 is 27.0 Å². The Morgan fingerprint density at radius 2 is 1.11 bits per heavy atom. The Balaban J connectivity index is 2.22. The number of hydrogen-bond donors (Lipinski definition) is 5. The number of ether oxygens (including phenoxy) is 6. The smallest absolute Gasteiger partial charge is 0.247 e. The SMILES string of the molecule is COCCOCCOCCOCCOCCOCC(=O)N[C@H](C)C(=O)N[C@H](C)C(=O)N[C@H](CC(N)=O)C(=O)Nc1ccc(C)cc1. The van der Waals surface area contributed by atoms with Gasteiger partial charge >= 0.3 is 0 Å². The number of amides is 5. The van der Waals surface area contributed by atoms with Crippen LogP contribution in [-0.2, 0) is 52.4 Å². The van der Waals surface area contributed by atoms with Crippen LogP contribution in [0.2, 0.25) is 0 Å². The van der Waals surface area contributed by atoms with E-state index in [1.54, 1.807) is 31.4 Å². The van der Waals surface area contributed by atoms with E-state index in [1.807, 2.05) is 6.92 Å². The van der Waals surface area contributed by atoms with Gasteiger partial charge in [0.2, 0.25) is 29.5 Å². The van der Waals surface area contributed by atoms with Crippen molar-refractivity contribution < 1.29 is 52.4 Å². The van der Waals surface area contributed by atoms with Crippen LogP contribution in [0.4, 0.5) is 5.69 Å². The molecule has 0 heterocycles. The predicted molar refractivity (Wildman–Crippen MR) is 167 cm³/mol. The molecule has 0 spiro atoms. The lowest BCUT2D eigenvalue weighted by atomic mass is 10.1. The molecule has 3 atom stereocenters. The second-order valence-corrected chi connectivity index (χ2v) is 10.1. The van der Waals surface area contributed by atoms with Crippen LogP contribution in [0.15, 0.2) is 24.3 Å². The summed E-state index contributed by atoms with van der Waals surface area (Å²) in [6, 6.07) is 3.59. The Labute approximate surface area is 269 Å². The lowest BCUT2D eigenvalue weighted by molar-refractivity contribution is -0.134. The zero-order chi connectivity index (χ0) is 34.2. The highest BCUT2D eigenvalue weighted by molar-refractivity contribution is 6.00. The summed E-state index contributed by atoms with van der Waals surface area (Å²) in [6.07, 6.45) is -0.447. The quantitative estimate of drug-likeness (QED) is 0.0766. The van der Waals surface area contributed by atoms with Gasteiger partial charge in [-0.15, -0.1) is 0 Å². The molecule has 0 saturated carbocycles. The lowest BCUT2D eigenvalue weighted by Gasteiger charge is -2.22. The van der Waals surface area contributed by atoms with Gasteiger partial charge in [-0.25, -0.2) is 0 Å². The van der Waals surface area contributed by atoms with E-state index >= 15 is 0 Å². The second-order valence-electron chi connectivity index (χ2n) is 10.1. The maximum absolute atomic E-state index is 12.7. The number of nitrogens with two attached hydrogens (primary N) is 1. The maximum Gasteiger partial charge on any atom is 0.247 e. The van der Waals surface area contributed by atoms with E-state index in [-0.39, 0.29) is 19.8 Å². The Morgan fingerprint density at radius 3 is 1.61 bits per heavy atom. The fourth-order valence-corrected chi connectivity index (χ4v) is 3.51. The molecule has 6 N–H and O–H groups in total. The van der Waals surface area contributed by atoms with Crippen molar-refractivity contribution in [2.45, 2.75) is 45.3 Å². The first-order valence-corrected chi connectivity index (χ1v) is 15.0. The van der Waals surface area contributed by atoms with Crippen LogP contribution in [0.3, 0.4) is 0 Å². The van der Waals surface area contributed by atoms with Crippen LogP contribution >= 0.6 is 0 Å². The van der Waals surface area contributed by atoms with Gasteiger partial charge in [-0.2, -0.15) is 0 Å². The Bertz CT molecular complexity index is 1060. The van der Waals surface area contributed by atoms with E-state index in [2.05, 4.69) is 21.3 Å². The summed E-state index contributed by atoms with van der Waals surface area (Å²) >= 11 is 0. The first kappa shape index (κ1) is 40.4. The molecule has 1 aromatic carbocycles. The summed E-state index contributed by atoms with van der Waals surface area (Å²) in [5.41, 5.74) is 6.72. The average Bonchev–Trinajstić information content (AvgIpc) is 3.01. The van der Waals surface area contributed by atoms with Crippen LogP contribution in [0, 0.1) is 6.92 Å². The van der Waals surface area contributed by atoms with E-state index in [0.717, 1.165) is 5.56 Å². The maximum atomic E-state index is 12.7. The molecule has 5 amide bonds. The van der Waals surface area contributed by atoms with E-state index in [4.69, 9.17) is 34.2 Å². The topological polar surface area (TPSA) is 215 Å². The largest absolute Gasteiger partial charge is 0.382 e. The van der Waals surface area contributed by atoms with Gasteiger partial charge in [0.1, 0.15) is 24.7 Å². The molecule has 1 aromatic rings. The normalized spacial score (nSPS) is 12.9. The van der Waals surface area contributed by atoms with Gasteiger partial charge in [0.15, 0.2) is 0 Å².